The number of nitrogens with zero attached hydrogens (tertiary/aromatic N) is 4. The summed E-state index contributed by atoms with van der Waals surface area (Å²) < 4.78 is 39.4. The molecule has 10 nitrogen and oxygen atoms in total. The van der Waals surface area contributed by atoms with Crippen LogP contribution < -0.4 is 11.5 Å². The Bertz CT molecular complexity index is 945. The molecule has 0 unspecified atom stereocenters. The van der Waals surface area contributed by atoms with Crippen LogP contribution in [0.25, 0.3) is 11.2 Å². The van der Waals surface area contributed by atoms with Crippen LogP contribution in [-0.2, 0) is 30.1 Å². The summed E-state index contributed by atoms with van der Waals surface area (Å²) in [4.78, 5) is 12.0. The molecule has 0 aliphatic carbocycles. The largest absolute Gasteiger partial charge is 0.382 e. The van der Waals surface area contributed by atoms with Gasteiger partial charge in [0.25, 0.3) is 5.13 Å². The minimum Gasteiger partial charge on any atom is -0.382 e. The minimum absolute atomic E-state index is 0.0184. The maximum Gasteiger partial charge on any atom is 0.328 e. The Kier molecular flexibility index (Phi) is 4.58. The van der Waals surface area contributed by atoms with E-state index in [1.54, 1.807) is 13.8 Å². The second-order valence-corrected chi connectivity index (χ2v) is 9.91. The summed E-state index contributed by atoms with van der Waals surface area (Å²) in [7, 11) is 0. The van der Waals surface area contributed by atoms with Gasteiger partial charge >= 0.3 is 6.72 Å². The van der Waals surface area contributed by atoms with Gasteiger partial charge < -0.3 is 25.3 Å². The van der Waals surface area contributed by atoms with Crippen LogP contribution in [0.15, 0.2) is 6.33 Å². The van der Waals surface area contributed by atoms with E-state index in [1.165, 1.54) is 10.9 Å². The maximum atomic E-state index is 15.6. The Labute approximate surface area is 163 Å². The summed E-state index contributed by atoms with van der Waals surface area (Å²) >= 11 is 11.5. The van der Waals surface area contributed by atoms with Gasteiger partial charge in [0.15, 0.2) is 17.7 Å². The first-order valence-electron chi connectivity index (χ1n) is 8.01. The number of fused-ring (bicyclic) bond motifs is 2. The molecule has 2 fully saturated rings. The van der Waals surface area contributed by atoms with E-state index in [0.717, 1.165) is 0 Å². The molecule has 148 valence electrons. The Morgan fingerprint density at radius 3 is 2.93 bits per heavy atom. The highest BCUT2D eigenvalue weighted by Crippen LogP contribution is 2.61. The lowest BCUT2D eigenvalue weighted by Crippen LogP contribution is -2.43. The van der Waals surface area contributed by atoms with Crippen molar-refractivity contribution in [1.82, 2.24) is 19.5 Å². The van der Waals surface area contributed by atoms with E-state index in [1.807, 2.05) is 0 Å². The molecule has 0 radical (unpaired) electrons. The van der Waals surface area contributed by atoms with Crippen molar-refractivity contribution < 1.29 is 22.7 Å². The number of nitrogens with two attached hydrogens (primary N) is 2. The molecule has 0 aromatic carbocycles. The van der Waals surface area contributed by atoms with Gasteiger partial charge in [-0.2, -0.15) is 9.97 Å². The maximum absolute atomic E-state index is 15.6. The van der Waals surface area contributed by atoms with Crippen LogP contribution in [-0.4, -0.2) is 49.6 Å². The smallest absolute Gasteiger partial charge is 0.328 e. The number of hydrogen-bond donors (Lipinski definition) is 2. The minimum atomic E-state index is -3.15. The fourth-order valence-electron chi connectivity index (χ4n) is 3.01. The molecule has 0 bridgehead atoms. The summed E-state index contributed by atoms with van der Waals surface area (Å²) in [5.41, 5.74) is 11.9. The third-order valence-electron chi connectivity index (χ3n) is 4.05. The molecule has 2 saturated heterocycles. The summed E-state index contributed by atoms with van der Waals surface area (Å²) in [5.74, 6) is -0.0253. The van der Waals surface area contributed by atoms with Gasteiger partial charge in [-0.3, -0.25) is 9.09 Å². The first kappa shape index (κ1) is 19.2. The molecule has 0 saturated carbocycles. The lowest BCUT2D eigenvalue weighted by Gasteiger charge is -2.35. The molecule has 27 heavy (non-hydrogen) atoms. The highest BCUT2D eigenvalue weighted by molar-refractivity contribution is 8.07. The first-order valence-corrected chi connectivity index (χ1v) is 10.9. The van der Waals surface area contributed by atoms with Crippen LogP contribution in [0.1, 0.15) is 20.1 Å². The van der Waals surface area contributed by atoms with Crippen LogP contribution in [0, 0.1) is 0 Å². The number of imidazole rings is 1. The van der Waals surface area contributed by atoms with E-state index in [9.17, 15) is 0 Å². The van der Waals surface area contributed by atoms with Gasteiger partial charge in [0, 0.05) is 0 Å². The fraction of sp³-hybridized carbons (Fsp3) is 0.615. The molecule has 0 spiro atoms. The molecule has 4 N–H and O–H groups in total. The number of aromatic nitrogens is 4. The van der Waals surface area contributed by atoms with Crippen molar-refractivity contribution in [2.45, 2.75) is 43.5 Å². The van der Waals surface area contributed by atoms with Crippen LogP contribution >= 0.6 is 18.3 Å². The summed E-state index contributed by atoms with van der Waals surface area (Å²) in [5, 5.41) is -2.49. The van der Waals surface area contributed by atoms with Crippen molar-refractivity contribution >= 4 is 53.1 Å². The zero-order chi connectivity index (χ0) is 19.6. The third-order valence-corrected chi connectivity index (χ3v) is 6.91. The summed E-state index contributed by atoms with van der Waals surface area (Å²) in [6.07, 6.45) is -2.27. The van der Waals surface area contributed by atoms with Crippen LogP contribution in [0.2, 0.25) is 0 Å². The van der Waals surface area contributed by atoms with Crippen LogP contribution in [0.3, 0.4) is 0 Å². The van der Waals surface area contributed by atoms with E-state index in [-0.39, 0.29) is 35.6 Å². The zero-order valence-corrected chi connectivity index (χ0v) is 16.7. The van der Waals surface area contributed by atoms with E-state index in [4.69, 9.17) is 53.2 Å². The molecule has 14 heteroatoms. The van der Waals surface area contributed by atoms with Crippen molar-refractivity contribution in [1.29, 1.82) is 0 Å². The zero-order valence-electron chi connectivity index (χ0n) is 14.3. The van der Waals surface area contributed by atoms with Crippen molar-refractivity contribution in [3.05, 3.63) is 6.33 Å². The highest BCUT2D eigenvalue weighted by atomic mass is 35.5. The Morgan fingerprint density at radius 2 is 2.22 bits per heavy atom. The van der Waals surface area contributed by atoms with Gasteiger partial charge in [0.2, 0.25) is 5.95 Å². The Morgan fingerprint density at radius 1 is 1.48 bits per heavy atom. The van der Waals surface area contributed by atoms with Gasteiger partial charge in [-0.25, -0.2) is 9.37 Å². The normalized spacial score (nSPS) is 36.4. The molecule has 4 heterocycles. The molecule has 0 amide bonds. The number of alkyl halides is 2. The van der Waals surface area contributed by atoms with E-state index in [0.29, 0.717) is 0 Å². The number of hydrogen-bond acceptors (Lipinski definition) is 10. The lowest BCUT2D eigenvalue weighted by molar-refractivity contribution is -0.0635. The molecular weight excluding hydrogens is 422 g/mol. The number of anilines is 2. The molecule has 5 atom stereocenters. The molecule has 4 rings (SSSR count). The predicted molar refractivity (Wildman–Crippen MR) is 99.1 cm³/mol. The topological polar surface area (TPSA) is 133 Å². The molecule has 2 aliphatic heterocycles. The third kappa shape index (κ3) is 3.19. The molecular formula is C13H17ClFN6O4PS. The van der Waals surface area contributed by atoms with Gasteiger partial charge in [0.1, 0.15) is 17.7 Å². The fourth-order valence-corrected chi connectivity index (χ4v) is 5.97. The highest BCUT2D eigenvalue weighted by Gasteiger charge is 2.62. The Balaban J connectivity index is 1.70. The average Bonchev–Trinajstić information content (AvgIpc) is 3.05. The predicted octanol–water partition coefficient (Wildman–Crippen LogP) is 1.86. The van der Waals surface area contributed by atoms with Gasteiger partial charge in [-0.05, 0) is 25.7 Å². The molecule has 2 aromatic rings. The monoisotopic (exact) mass is 438 g/mol. The van der Waals surface area contributed by atoms with E-state index in [2.05, 4.69) is 15.0 Å². The van der Waals surface area contributed by atoms with E-state index >= 15 is 4.39 Å². The number of rotatable bonds is 3. The van der Waals surface area contributed by atoms with Gasteiger partial charge in [-0.15, -0.1) is 0 Å². The summed E-state index contributed by atoms with van der Waals surface area (Å²) in [6, 6.07) is 0. The average molecular weight is 439 g/mol. The molecule has 2 aliphatic rings. The summed E-state index contributed by atoms with van der Waals surface area (Å²) in [6.45, 7) is 0.382. The number of ether oxygens (including phenoxy) is 1. The quantitative estimate of drug-likeness (QED) is 0.540. The standard InChI is InChI=1S/C13H17ClFN6O4PS/c1-5(2)24-26(27)22-3-6-8(25-26)13(14,15)11(23-6)21-4-18-7-9(16)19-12(17)20-10(7)21/h4-6,8,11H,3H2,1-2H3,(H4,16,17,19,20)/t6-,8-,11-,13+,26-/m1/s1. The first-order chi connectivity index (χ1) is 12.6. The lowest BCUT2D eigenvalue weighted by atomic mass is 10.1. The van der Waals surface area contributed by atoms with Crippen LogP contribution in [0.5, 0.6) is 0 Å². The van der Waals surface area contributed by atoms with Gasteiger partial charge in [-0.1, -0.05) is 11.6 Å². The van der Waals surface area contributed by atoms with Gasteiger partial charge in [0.05, 0.1) is 19.0 Å². The van der Waals surface area contributed by atoms with Crippen molar-refractivity contribution in [3.63, 3.8) is 0 Å². The Hall–Kier alpha value is -1.14. The van der Waals surface area contributed by atoms with Crippen molar-refractivity contribution in [3.8, 4) is 0 Å². The molecule has 2 aromatic heterocycles. The second kappa shape index (κ2) is 6.45. The number of halogens is 2. The van der Waals surface area contributed by atoms with Crippen molar-refractivity contribution in [2.75, 3.05) is 18.1 Å². The second-order valence-electron chi connectivity index (χ2n) is 6.42. The number of nitrogen functional groups attached to an aromatic ring is 2. The van der Waals surface area contributed by atoms with Crippen molar-refractivity contribution in [2.24, 2.45) is 0 Å². The SMILES string of the molecule is CC(C)O[P@]1(=S)OC[C@H]2O[C@@H](n3cnc4c(N)nc(N)nc43)[C@](F)(Cl)[C@@H]2O1. The van der Waals surface area contributed by atoms with Crippen LogP contribution in [0.4, 0.5) is 16.2 Å². The van der Waals surface area contributed by atoms with E-state index < -0.39 is 30.3 Å².